The average molecular weight is 337 g/mol. The third-order valence-electron chi connectivity index (χ3n) is 4.02. The van der Waals surface area contributed by atoms with E-state index in [1.165, 1.54) is 17.2 Å². The van der Waals surface area contributed by atoms with Gasteiger partial charge >= 0.3 is 0 Å². The molecule has 0 unspecified atom stereocenters. The van der Waals surface area contributed by atoms with Crippen LogP contribution in [-0.4, -0.2) is 40.0 Å². The number of amides is 2. The number of imide groups is 1. The number of hydrogen-bond donors (Lipinski definition) is 2. The second-order valence-corrected chi connectivity index (χ2v) is 5.75. The van der Waals surface area contributed by atoms with E-state index in [0.717, 1.165) is 23.4 Å². The molecule has 0 saturated carbocycles. The van der Waals surface area contributed by atoms with Gasteiger partial charge in [-0.25, -0.2) is 0 Å². The Balaban J connectivity index is 1.59. The second kappa shape index (κ2) is 7.72. The number of carbonyl (C=O) groups excluding carboxylic acids is 2. The molecule has 2 amide bonds. The fourth-order valence-corrected chi connectivity index (χ4v) is 2.66. The van der Waals surface area contributed by atoms with Gasteiger partial charge in [-0.3, -0.25) is 19.5 Å². The summed E-state index contributed by atoms with van der Waals surface area (Å²) in [7, 11) is 0. The molecule has 0 spiro atoms. The van der Waals surface area contributed by atoms with E-state index in [4.69, 9.17) is 5.11 Å². The van der Waals surface area contributed by atoms with Gasteiger partial charge in [0.1, 0.15) is 5.70 Å². The van der Waals surface area contributed by atoms with Gasteiger partial charge in [-0.2, -0.15) is 0 Å². The van der Waals surface area contributed by atoms with E-state index in [0.29, 0.717) is 0 Å². The van der Waals surface area contributed by atoms with Gasteiger partial charge in [0.05, 0.1) is 13.2 Å². The van der Waals surface area contributed by atoms with Crippen LogP contribution < -0.4 is 5.32 Å². The van der Waals surface area contributed by atoms with Gasteiger partial charge in [0.2, 0.25) is 0 Å². The number of nitrogens with zero attached hydrogens (tertiary/aromatic N) is 2. The lowest BCUT2D eigenvalue weighted by atomic mass is 10.1. The molecular formula is C19H19N3O3. The molecule has 2 heterocycles. The van der Waals surface area contributed by atoms with Crippen molar-refractivity contribution in [2.75, 3.05) is 18.5 Å². The molecule has 1 aliphatic heterocycles. The lowest BCUT2D eigenvalue weighted by Gasteiger charge is -2.13. The first-order valence-corrected chi connectivity index (χ1v) is 8.10. The molecule has 3 rings (SSSR count). The van der Waals surface area contributed by atoms with Crippen LogP contribution in [0.15, 0.2) is 60.6 Å². The Bertz CT molecular complexity index is 785. The molecular weight excluding hydrogens is 318 g/mol. The summed E-state index contributed by atoms with van der Waals surface area (Å²) in [6, 6.07) is 11.8. The Hall–Kier alpha value is -2.99. The number of anilines is 1. The molecule has 0 bridgehead atoms. The molecule has 1 aliphatic rings. The Kier molecular flexibility index (Phi) is 5.20. The molecule has 6 nitrogen and oxygen atoms in total. The van der Waals surface area contributed by atoms with Crippen molar-refractivity contribution < 1.29 is 14.7 Å². The first-order valence-electron chi connectivity index (χ1n) is 8.10. The molecule has 1 aromatic carbocycles. The third-order valence-corrected chi connectivity index (χ3v) is 4.02. The second-order valence-electron chi connectivity index (χ2n) is 5.75. The standard InChI is InChI=1S/C19H19N3O3/c23-12-11-22-18(24)13-17(19(22)25)21-16-5-3-14(4-6-16)1-2-15-7-9-20-10-8-15/h3-10,13,21,23H,1-2,11-12H2. The van der Waals surface area contributed by atoms with E-state index >= 15 is 0 Å². The zero-order valence-electron chi connectivity index (χ0n) is 13.7. The number of rotatable bonds is 7. The molecule has 0 fully saturated rings. The number of benzene rings is 1. The summed E-state index contributed by atoms with van der Waals surface area (Å²) in [4.78, 5) is 28.8. The summed E-state index contributed by atoms with van der Waals surface area (Å²) in [5, 5.41) is 11.9. The van der Waals surface area contributed by atoms with E-state index in [1.54, 1.807) is 12.4 Å². The lowest BCUT2D eigenvalue weighted by molar-refractivity contribution is -0.137. The number of aryl methyl sites for hydroxylation is 2. The van der Waals surface area contributed by atoms with Crippen molar-refractivity contribution in [3.8, 4) is 0 Å². The van der Waals surface area contributed by atoms with Crippen LogP contribution in [0.25, 0.3) is 0 Å². The van der Waals surface area contributed by atoms with Crippen LogP contribution in [0, 0.1) is 0 Å². The normalized spacial score (nSPS) is 14.0. The minimum absolute atomic E-state index is 0.00723. The van der Waals surface area contributed by atoms with E-state index in [1.807, 2.05) is 36.4 Å². The Morgan fingerprint density at radius 2 is 1.60 bits per heavy atom. The molecule has 0 atom stereocenters. The third kappa shape index (κ3) is 4.10. The number of nitrogens with one attached hydrogen (secondary N) is 1. The highest BCUT2D eigenvalue weighted by molar-refractivity contribution is 6.17. The van der Waals surface area contributed by atoms with Gasteiger partial charge in [0.25, 0.3) is 11.8 Å². The SMILES string of the molecule is O=C1C=C(Nc2ccc(CCc3ccncc3)cc2)C(=O)N1CCO. The van der Waals surface area contributed by atoms with Gasteiger partial charge in [0.15, 0.2) is 0 Å². The Morgan fingerprint density at radius 1 is 0.960 bits per heavy atom. The highest BCUT2D eigenvalue weighted by Gasteiger charge is 2.30. The Morgan fingerprint density at radius 3 is 2.24 bits per heavy atom. The number of hydrogen-bond acceptors (Lipinski definition) is 5. The predicted octanol–water partition coefficient (Wildman–Crippen LogP) is 1.52. The first-order chi connectivity index (χ1) is 12.2. The quantitative estimate of drug-likeness (QED) is 0.749. The van der Waals surface area contributed by atoms with Gasteiger partial charge in [-0.1, -0.05) is 12.1 Å². The molecule has 0 radical (unpaired) electrons. The number of aliphatic hydroxyl groups is 1. The maximum Gasteiger partial charge on any atom is 0.277 e. The largest absolute Gasteiger partial charge is 0.395 e. The molecule has 2 aromatic rings. The number of β-amino-alcohol motifs (C(OH)–C–C–N with tert-alkyl or cyclic N) is 1. The van der Waals surface area contributed by atoms with Gasteiger partial charge in [-0.05, 0) is 48.2 Å². The zero-order valence-corrected chi connectivity index (χ0v) is 13.7. The van der Waals surface area contributed by atoms with Crippen LogP contribution in [0.2, 0.25) is 0 Å². The highest BCUT2D eigenvalue weighted by Crippen LogP contribution is 2.18. The van der Waals surface area contributed by atoms with Gasteiger partial charge < -0.3 is 10.4 Å². The van der Waals surface area contributed by atoms with Crippen molar-refractivity contribution in [3.05, 3.63) is 71.7 Å². The van der Waals surface area contributed by atoms with Crippen LogP contribution in [0.5, 0.6) is 0 Å². The highest BCUT2D eigenvalue weighted by atomic mass is 16.3. The van der Waals surface area contributed by atoms with Crippen LogP contribution in [0.1, 0.15) is 11.1 Å². The van der Waals surface area contributed by atoms with E-state index < -0.39 is 11.8 Å². The van der Waals surface area contributed by atoms with E-state index in [2.05, 4.69) is 10.3 Å². The maximum atomic E-state index is 12.1. The summed E-state index contributed by atoms with van der Waals surface area (Å²) in [5.74, 6) is -0.823. The summed E-state index contributed by atoms with van der Waals surface area (Å²) in [5.41, 5.74) is 3.39. The summed E-state index contributed by atoms with van der Waals surface area (Å²) in [6.07, 6.45) is 6.68. The van der Waals surface area contributed by atoms with Crippen molar-refractivity contribution >= 4 is 17.5 Å². The fourth-order valence-electron chi connectivity index (χ4n) is 2.66. The minimum Gasteiger partial charge on any atom is -0.395 e. The number of pyridine rings is 1. The van der Waals surface area contributed by atoms with Crippen molar-refractivity contribution in [1.29, 1.82) is 0 Å². The molecule has 25 heavy (non-hydrogen) atoms. The molecule has 0 saturated heterocycles. The number of carbonyl (C=O) groups is 2. The average Bonchev–Trinajstić information content (AvgIpc) is 2.90. The smallest absolute Gasteiger partial charge is 0.277 e. The lowest BCUT2D eigenvalue weighted by Crippen LogP contribution is -2.34. The summed E-state index contributed by atoms with van der Waals surface area (Å²) < 4.78 is 0. The molecule has 128 valence electrons. The van der Waals surface area contributed by atoms with Crippen molar-refractivity contribution in [1.82, 2.24) is 9.88 Å². The topological polar surface area (TPSA) is 82.5 Å². The van der Waals surface area contributed by atoms with E-state index in [9.17, 15) is 9.59 Å². The summed E-state index contributed by atoms with van der Waals surface area (Å²) in [6.45, 7) is -0.238. The molecule has 0 aliphatic carbocycles. The van der Waals surface area contributed by atoms with Crippen LogP contribution in [0.3, 0.4) is 0 Å². The molecule has 6 heteroatoms. The van der Waals surface area contributed by atoms with E-state index in [-0.39, 0.29) is 18.8 Å². The molecule has 2 N–H and O–H groups in total. The van der Waals surface area contributed by atoms with Crippen LogP contribution >= 0.6 is 0 Å². The molecule has 1 aromatic heterocycles. The zero-order chi connectivity index (χ0) is 17.6. The van der Waals surface area contributed by atoms with Gasteiger partial charge in [-0.15, -0.1) is 0 Å². The summed E-state index contributed by atoms with van der Waals surface area (Å²) >= 11 is 0. The Labute approximate surface area is 145 Å². The predicted molar refractivity (Wildman–Crippen MR) is 93.6 cm³/mol. The van der Waals surface area contributed by atoms with Crippen LogP contribution in [0.4, 0.5) is 5.69 Å². The first kappa shape index (κ1) is 16.9. The maximum absolute atomic E-state index is 12.1. The van der Waals surface area contributed by atoms with Crippen molar-refractivity contribution in [2.24, 2.45) is 0 Å². The van der Waals surface area contributed by atoms with Crippen molar-refractivity contribution in [3.63, 3.8) is 0 Å². The fraction of sp³-hybridized carbons (Fsp3) is 0.211. The van der Waals surface area contributed by atoms with Gasteiger partial charge in [0, 0.05) is 24.2 Å². The van der Waals surface area contributed by atoms with Crippen LogP contribution in [-0.2, 0) is 22.4 Å². The van der Waals surface area contributed by atoms with Crippen molar-refractivity contribution in [2.45, 2.75) is 12.8 Å². The number of aromatic nitrogens is 1. The minimum atomic E-state index is -0.416. The number of aliphatic hydroxyl groups excluding tert-OH is 1. The monoisotopic (exact) mass is 337 g/mol.